The average Bonchev–Trinajstić information content (AvgIpc) is 2.98. The minimum Gasteiger partial charge on any atom is -0.305 e. The number of nitrogens with zero attached hydrogens (tertiary/aromatic N) is 4. The van der Waals surface area contributed by atoms with Gasteiger partial charge in [0.05, 0.1) is 23.8 Å². The van der Waals surface area contributed by atoms with E-state index < -0.39 is 17.7 Å². The van der Waals surface area contributed by atoms with Gasteiger partial charge < -0.3 is 10.6 Å². The molecule has 0 saturated heterocycles. The summed E-state index contributed by atoms with van der Waals surface area (Å²) in [6.07, 6.45) is 6.11. The van der Waals surface area contributed by atoms with E-state index in [1.54, 1.807) is 23.9 Å². The number of rotatable bonds is 3. The van der Waals surface area contributed by atoms with Crippen molar-refractivity contribution in [3.05, 3.63) is 60.4 Å². The molecule has 0 spiro atoms. The van der Waals surface area contributed by atoms with Gasteiger partial charge in [-0.15, -0.1) is 0 Å². The molecule has 1 aromatic carbocycles. The van der Waals surface area contributed by atoms with Crippen molar-refractivity contribution < 1.29 is 13.6 Å². The maximum absolute atomic E-state index is 13.5. The summed E-state index contributed by atoms with van der Waals surface area (Å²) in [4.78, 5) is 24.1. The Morgan fingerprint density at radius 1 is 1.12 bits per heavy atom. The van der Waals surface area contributed by atoms with Gasteiger partial charge >= 0.3 is 6.03 Å². The highest BCUT2D eigenvalue weighted by Crippen LogP contribution is 2.16. The normalized spacial score (nSPS) is 10.5. The Morgan fingerprint density at radius 3 is 2.54 bits per heavy atom. The molecule has 24 heavy (non-hydrogen) atoms. The molecule has 3 aromatic rings. The van der Waals surface area contributed by atoms with E-state index in [4.69, 9.17) is 0 Å². The lowest BCUT2D eigenvalue weighted by molar-refractivity contribution is 0.262. The third kappa shape index (κ3) is 3.35. The van der Waals surface area contributed by atoms with Crippen LogP contribution >= 0.6 is 0 Å². The third-order valence-electron chi connectivity index (χ3n) is 3.11. The van der Waals surface area contributed by atoms with Gasteiger partial charge in [-0.2, -0.15) is 0 Å². The zero-order chi connectivity index (χ0) is 17.1. The third-order valence-corrected chi connectivity index (χ3v) is 3.11. The molecule has 2 heterocycles. The van der Waals surface area contributed by atoms with Crippen LogP contribution in [0, 0.1) is 18.6 Å². The van der Waals surface area contributed by atoms with Crippen molar-refractivity contribution in [3.8, 4) is 5.95 Å². The first-order chi connectivity index (χ1) is 11.5. The molecule has 2 N–H and O–H groups in total. The van der Waals surface area contributed by atoms with E-state index in [1.807, 2.05) is 0 Å². The van der Waals surface area contributed by atoms with Gasteiger partial charge in [-0.3, -0.25) is 4.57 Å². The fraction of sp³-hybridized carbons (Fsp3) is 0.0667. The number of hydrogen-bond donors (Lipinski definition) is 2. The summed E-state index contributed by atoms with van der Waals surface area (Å²) < 4.78 is 28.2. The first-order valence-corrected chi connectivity index (χ1v) is 6.88. The number of urea groups is 1. The van der Waals surface area contributed by atoms with Gasteiger partial charge in [-0.1, -0.05) is 0 Å². The average molecular weight is 330 g/mol. The monoisotopic (exact) mass is 330 g/mol. The SMILES string of the molecule is Cc1nccn1-c1ncc(NC(=O)Nc2cc(F)ccc2F)cn1. The molecule has 2 aromatic heterocycles. The second-order valence-electron chi connectivity index (χ2n) is 4.82. The topological polar surface area (TPSA) is 84.7 Å². The number of imidazole rings is 1. The molecule has 0 aliphatic rings. The molecule has 2 amide bonds. The lowest BCUT2D eigenvalue weighted by atomic mass is 10.3. The molecule has 9 heteroatoms. The summed E-state index contributed by atoms with van der Waals surface area (Å²) in [6, 6.07) is 2.03. The van der Waals surface area contributed by atoms with Crippen LogP contribution in [0.15, 0.2) is 43.0 Å². The molecule has 0 bridgehead atoms. The van der Waals surface area contributed by atoms with Crippen LogP contribution in [0.1, 0.15) is 5.82 Å². The zero-order valence-electron chi connectivity index (χ0n) is 12.5. The standard InChI is InChI=1S/C15H12F2N6O/c1-9-18-4-5-23(9)14-19-7-11(8-20-14)21-15(24)22-13-6-10(16)2-3-12(13)17/h2-8H,1H3,(H2,21,22,24). The lowest BCUT2D eigenvalue weighted by Crippen LogP contribution is -2.20. The summed E-state index contributed by atoms with van der Waals surface area (Å²) >= 11 is 0. The van der Waals surface area contributed by atoms with Crippen molar-refractivity contribution in [2.75, 3.05) is 10.6 Å². The molecule has 7 nitrogen and oxygen atoms in total. The molecular formula is C15H12F2N6O. The van der Waals surface area contributed by atoms with Crippen LogP contribution in [0.4, 0.5) is 25.0 Å². The Bertz CT molecular complexity index is 878. The fourth-order valence-corrected chi connectivity index (χ4v) is 1.98. The number of carbonyl (C=O) groups is 1. The second-order valence-corrected chi connectivity index (χ2v) is 4.82. The lowest BCUT2D eigenvalue weighted by Gasteiger charge is -2.09. The molecule has 0 radical (unpaired) electrons. The highest BCUT2D eigenvalue weighted by Gasteiger charge is 2.09. The number of anilines is 2. The molecular weight excluding hydrogens is 318 g/mol. The Morgan fingerprint density at radius 2 is 1.88 bits per heavy atom. The molecule has 0 aliphatic heterocycles. The van der Waals surface area contributed by atoms with Gasteiger partial charge in [0.15, 0.2) is 0 Å². The van der Waals surface area contributed by atoms with Crippen LogP contribution in [-0.2, 0) is 0 Å². The maximum atomic E-state index is 13.5. The molecule has 0 atom stereocenters. The number of aromatic nitrogens is 4. The van der Waals surface area contributed by atoms with Crippen LogP contribution in [0.2, 0.25) is 0 Å². The van der Waals surface area contributed by atoms with Gasteiger partial charge in [0.1, 0.15) is 17.5 Å². The molecule has 0 unspecified atom stereocenters. The second kappa shape index (κ2) is 6.41. The van der Waals surface area contributed by atoms with Crippen LogP contribution in [-0.4, -0.2) is 25.6 Å². The fourth-order valence-electron chi connectivity index (χ4n) is 1.98. The summed E-state index contributed by atoms with van der Waals surface area (Å²) in [5.74, 6) is -0.286. The highest BCUT2D eigenvalue weighted by molar-refractivity contribution is 5.99. The van der Waals surface area contributed by atoms with E-state index >= 15 is 0 Å². The Kier molecular flexibility index (Phi) is 4.15. The minimum absolute atomic E-state index is 0.265. The minimum atomic E-state index is -0.742. The van der Waals surface area contributed by atoms with Crippen LogP contribution in [0.5, 0.6) is 0 Å². The highest BCUT2D eigenvalue weighted by atomic mass is 19.1. The van der Waals surface area contributed by atoms with Crippen molar-refractivity contribution in [2.45, 2.75) is 6.92 Å². The van der Waals surface area contributed by atoms with Crippen molar-refractivity contribution in [1.82, 2.24) is 19.5 Å². The number of benzene rings is 1. The van der Waals surface area contributed by atoms with Crippen LogP contribution < -0.4 is 10.6 Å². The predicted molar refractivity (Wildman–Crippen MR) is 82.9 cm³/mol. The summed E-state index contributed by atoms with van der Waals surface area (Å²) in [6.45, 7) is 1.80. The number of aryl methyl sites for hydroxylation is 1. The van der Waals surface area contributed by atoms with E-state index in [0.29, 0.717) is 11.6 Å². The molecule has 122 valence electrons. The van der Waals surface area contributed by atoms with E-state index in [9.17, 15) is 13.6 Å². The number of amides is 2. The van der Waals surface area contributed by atoms with Gasteiger partial charge in [0, 0.05) is 18.5 Å². The van der Waals surface area contributed by atoms with Gasteiger partial charge in [-0.05, 0) is 19.1 Å². The Balaban J connectivity index is 1.69. The number of carbonyl (C=O) groups excluding carboxylic acids is 1. The van der Waals surface area contributed by atoms with E-state index in [1.165, 1.54) is 12.4 Å². The van der Waals surface area contributed by atoms with E-state index in [2.05, 4.69) is 25.6 Å². The predicted octanol–water partition coefficient (Wildman–Crippen LogP) is 2.89. The van der Waals surface area contributed by atoms with Crippen molar-refractivity contribution in [1.29, 1.82) is 0 Å². The van der Waals surface area contributed by atoms with Crippen LogP contribution in [0.3, 0.4) is 0 Å². The summed E-state index contributed by atoms with van der Waals surface area (Å²) in [5.41, 5.74) is 0.0323. The number of halogens is 2. The molecule has 0 fully saturated rings. The Labute approximate surface area is 135 Å². The quantitative estimate of drug-likeness (QED) is 0.773. The zero-order valence-corrected chi connectivity index (χ0v) is 12.5. The number of hydrogen-bond acceptors (Lipinski definition) is 4. The smallest absolute Gasteiger partial charge is 0.305 e. The van der Waals surface area contributed by atoms with Crippen molar-refractivity contribution in [2.24, 2.45) is 0 Å². The maximum Gasteiger partial charge on any atom is 0.323 e. The number of nitrogens with one attached hydrogen (secondary N) is 2. The first kappa shape index (κ1) is 15.5. The molecule has 0 aliphatic carbocycles. The Hall–Kier alpha value is -3.36. The van der Waals surface area contributed by atoms with E-state index in [-0.39, 0.29) is 5.69 Å². The van der Waals surface area contributed by atoms with Gasteiger partial charge in [-0.25, -0.2) is 28.5 Å². The van der Waals surface area contributed by atoms with Gasteiger partial charge in [0.25, 0.3) is 0 Å². The summed E-state index contributed by atoms with van der Waals surface area (Å²) in [5, 5.41) is 4.65. The largest absolute Gasteiger partial charge is 0.323 e. The van der Waals surface area contributed by atoms with E-state index in [0.717, 1.165) is 24.0 Å². The van der Waals surface area contributed by atoms with Crippen molar-refractivity contribution in [3.63, 3.8) is 0 Å². The van der Waals surface area contributed by atoms with Gasteiger partial charge in [0.2, 0.25) is 5.95 Å². The summed E-state index contributed by atoms with van der Waals surface area (Å²) in [7, 11) is 0. The first-order valence-electron chi connectivity index (χ1n) is 6.88. The van der Waals surface area contributed by atoms with Crippen molar-refractivity contribution >= 4 is 17.4 Å². The molecule has 0 saturated carbocycles. The molecule has 3 rings (SSSR count). The van der Waals surface area contributed by atoms with Crippen LogP contribution in [0.25, 0.3) is 5.95 Å².